The number of benzene rings is 1. The van der Waals surface area contributed by atoms with Crippen LogP contribution >= 0.6 is 0 Å². The van der Waals surface area contributed by atoms with Gasteiger partial charge in [0, 0.05) is 12.0 Å². The standard InChI is InChI=1S/C12H13N/c13-11-7-2-1-4-8-12-9-5-3-6-10-12/h3,5-6,9-11,13H,1-2,7H2. The van der Waals surface area contributed by atoms with Crippen molar-refractivity contribution in [2.75, 3.05) is 0 Å². The van der Waals surface area contributed by atoms with Crippen molar-refractivity contribution in [3.8, 4) is 11.8 Å². The fraction of sp³-hybridized carbons (Fsp3) is 0.250. The predicted octanol–water partition coefficient (Wildman–Crippen LogP) is 2.86. The SMILES string of the molecule is N=CCCCC#Cc1ccccc1. The summed E-state index contributed by atoms with van der Waals surface area (Å²) in [7, 11) is 0. The molecule has 0 saturated carbocycles. The third kappa shape index (κ3) is 4.12. The fourth-order valence-corrected chi connectivity index (χ4v) is 0.979. The van der Waals surface area contributed by atoms with Crippen molar-refractivity contribution in [2.45, 2.75) is 19.3 Å². The van der Waals surface area contributed by atoms with Crippen molar-refractivity contribution in [1.29, 1.82) is 5.41 Å². The molecule has 66 valence electrons. The van der Waals surface area contributed by atoms with Crippen LogP contribution in [0.4, 0.5) is 0 Å². The molecule has 0 fully saturated rings. The molecule has 0 unspecified atom stereocenters. The lowest BCUT2D eigenvalue weighted by Crippen LogP contribution is -1.74. The first-order valence-electron chi connectivity index (χ1n) is 4.46. The van der Waals surface area contributed by atoms with Gasteiger partial charge < -0.3 is 5.41 Å². The maximum atomic E-state index is 6.83. The summed E-state index contributed by atoms with van der Waals surface area (Å²) in [6, 6.07) is 9.97. The van der Waals surface area contributed by atoms with Gasteiger partial charge in [-0.25, -0.2) is 0 Å². The molecule has 0 spiro atoms. The first-order chi connectivity index (χ1) is 6.43. The van der Waals surface area contributed by atoms with E-state index in [0.29, 0.717) is 0 Å². The van der Waals surface area contributed by atoms with Crippen molar-refractivity contribution in [1.82, 2.24) is 0 Å². The zero-order valence-corrected chi connectivity index (χ0v) is 7.59. The summed E-state index contributed by atoms with van der Waals surface area (Å²) in [5.74, 6) is 6.16. The molecule has 0 aromatic heterocycles. The van der Waals surface area contributed by atoms with Crippen LogP contribution in [0.2, 0.25) is 0 Å². The highest BCUT2D eigenvalue weighted by atomic mass is 14.3. The normalized spacial score (nSPS) is 8.62. The van der Waals surface area contributed by atoms with E-state index >= 15 is 0 Å². The molecule has 1 aromatic rings. The smallest absolute Gasteiger partial charge is 0.0245 e. The Hall–Kier alpha value is -1.55. The molecule has 1 nitrogen and oxygen atoms in total. The average Bonchev–Trinajstić information content (AvgIpc) is 2.19. The third-order valence-electron chi connectivity index (χ3n) is 1.66. The molecular weight excluding hydrogens is 158 g/mol. The van der Waals surface area contributed by atoms with Crippen LogP contribution in [0.1, 0.15) is 24.8 Å². The molecule has 1 aromatic carbocycles. The van der Waals surface area contributed by atoms with Crippen molar-refractivity contribution in [2.24, 2.45) is 0 Å². The van der Waals surface area contributed by atoms with Gasteiger partial charge in [0.15, 0.2) is 0 Å². The second-order valence-corrected chi connectivity index (χ2v) is 2.76. The number of hydrogen-bond acceptors (Lipinski definition) is 1. The van der Waals surface area contributed by atoms with Gasteiger partial charge in [0.1, 0.15) is 0 Å². The first-order valence-corrected chi connectivity index (χ1v) is 4.46. The topological polar surface area (TPSA) is 23.9 Å². The second kappa shape index (κ2) is 6.02. The molecule has 0 heterocycles. The van der Waals surface area contributed by atoms with Crippen LogP contribution in [0.25, 0.3) is 0 Å². The predicted molar refractivity (Wildman–Crippen MR) is 56.0 cm³/mol. The Labute approximate surface area is 79.3 Å². The monoisotopic (exact) mass is 171 g/mol. The van der Waals surface area contributed by atoms with E-state index in [1.54, 1.807) is 0 Å². The maximum absolute atomic E-state index is 6.83. The minimum atomic E-state index is 0.837. The van der Waals surface area contributed by atoms with Gasteiger partial charge >= 0.3 is 0 Å². The van der Waals surface area contributed by atoms with E-state index < -0.39 is 0 Å². The van der Waals surface area contributed by atoms with Crippen molar-refractivity contribution >= 4 is 6.21 Å². The molecule has 0 saturated heterocycles. The minimum Gasteiger partial charge on any atom is -0.313 e. The summed E-state index contributed by atoms with van der Waals surface area (Å²) < 4.78 is 0. The maximum Gasteiger partial charge on any atom is 0.0245 e. The number of rotatable bonds is 3. The van der Waals surface area contributed by atoms with Crippen molar-refractivity contribution in [3.63, 3.8) is 0 Å². The Balaban J connectivity index is 2.35. The molecular formula is C12H13N. The Morgan fingerprint density at radius 2 is 2.00 bits per heavy atom. The first kappa shape index (κ1) is 9.54. The molecule has 0 aliphatic rings. The van der Waals surface area contributed by atoms with Crippen molar-refractivity contribution in [3.05, 3.63) is 35.9 Å². The Morgan fingerprint density at radius 1 is 1.23 bits per heavy atom. The van der Waals surface area contributed by atoms with Crippen LogP contribution in [-0.4, -0.2) is 6.21 Å². The van der Waals surface area contributed by atoms with Crippen LogP contribution in [0.3, 0.4) is 0 Å². The van der Waals surface area contributed by atoms with Crippen LogP contribution in [0, 0.1) is 17.3 Å². The van der Waals surface area contributed by atoms with Crippen LogP contribution in [0.5, 0.6) is 0 Å². The highest BCUT2D eigenvalue weighted by Crippen LogP contribution is 1.96. The number of nitrogens with one attached hydrogen (secondary N) is 1. The Bertz CT molecular complexity index is 303. The lowest BCUT2D eigenvalue weighted by atomic mass is 10.2. The summed E-state index contributed by atoms with van der Waals surface area (Å²) in [4.78, 5) is 0. The van der Waals surface area contributed by atoms with E-state index in [1.165, 1.54) is 6.21 Å². The minimum absolute atomic E-state index is 0.837. The van der Waals surface area contributed by atoms with E-state index in [-0.39, 0.29) is 0 Å². The Morgan fingerprint density at radius 3 is 2.69 bits per heavy atom. The fourth-order valence-electron chi connectivity index (χ4n) is 0.979. The third-order valence-corrected chi connectivity index (χ3v) is 1.66. The highest BCUT2D eigenvalue weighted by Gasteiger charge is 1.81. The van der Waals surface area contributed by atoms with Crippen LogP contribution in [-0.2, 0) is 0 Å². The Kier molecular flexibility index (Phi) is 4.42. The molecule has 1 heteroatoms. The van der Waals surface area contributed by atoms with Crippen LogP contribution < -0.4 is 0 Å². The zero-order valence-electron chi connectivity index (χ0n) is 7.59. The lowest BCUT2D eigenvalue weighted by Gasteiger charge is -1.87. The quantitative estimate of drug-likeness (QED) is 0.411. The summed E-state index contributed by atoms with van der Waals surface area (Å²) in [5, 5.41) is 6.83. The zero-order chi connectivity index (χ0) is 9.36. The number of unbranched alkanes of at least 4 members (excludes halogenated alkanes) is 2. The summed E-state index contributed by atoms with van der Waals surface area (Å²) in [6.45, 7) is 0. The molecule has 1 rings (SSSR count). The van der Waals surface area contributed by atoms with Gasteiger partial charge in [-0.15, -0.1) is 0 Å². The summed E-state index contributed by atoms with van der Waals surface area (Å²) in [6.07, 6.45) is 4.14. The van der Waals surface area contributed by atoms with E-state index in [0.717, 1.165) is 24.8 Å². The molecule has 1 N–H and O–H groups in total. The molecule has 13 heavy (non-hydrogen) atoms. The van der Waals surface area contributed by atoms with Gasteiger partial charge in [0.05, 0.1) is 0 Å². The van der Waals surface area contributed by atoms with Gasteiger partial charge in [-0.05, 0) is 31.2 Å². The van der Waals surface area contributed by atoms with E-state index in [2.05, 4.69) is 11.8 Å². The molecule has 0 amide bonds. The van der Waals surface area contributed by atoms with Gasteiger partial charge in [-0.2, -0.15) is 0 Å². The second-order valence-electron chi connectivity index (χ2n) is 2.76. The summed E-state index contributed by atoms with van der Waals surface area (Å²) in [5.41, 5.74) is 1.07. The molecule has 0 bridgehead atoms. The van der Waals surface area contributed by atoms with Crippen molar-refractivity contribution < 1.29 is 0 Å². The largest absolute Gasteiger partial charge is 0.313 e. The molecule has 0 aliphatic heterocycles. The van der Waals surface area contributed by atoms with E-state index in [1.807, 2.05) is 30.3 Å². The molecule has 0 atom stereocenters. The lowest BCUT2D eigenvalue weighted by molar-refractivity contribution is 0.920. The van der Waals surface area contributed by atoms with E-state index in [4.69, 9.17) is 5.41 Å². The number of hydrogen-bond donors (Lipinski definition) is 1. The molecule has 0 aliphatic carbocycles. The van der Waals surface area contributed by atoms with Gasteiger partial charge in [-0.1, -0.05) is 30.0 Å². The van der Waals surface area contributed by atoms with E-state index in [9.17, 15) is 0 Å². The van der Waals surface area contributed by atoms with Gasteiger partial charge in [-0.3, -0.25) is 0 Å². The molecule has 0 radical (unpaired) electrons. The van der Waals surface area contributed by atoms with Gasteiger partial charge in [0.2, 0.25) is 0 Å². The summed E-state index contributed by atoms with van der Waals surface area (Å²) >= 11 is 0. The average molecular weight is 171 g/mol. The van der Waals surface area contributed by atoms with Crippen LogP contribution in [0.15, 0.2) is 30.3 Å². The van der Waals surface area contributed by atoms with Gasteiger partial charge in [0.25, 0.3) is 0 Å². The highest BCUT2D eigenvalue weighted by molar-refractivity contribution is 5.52.